The fourth-order valence-corrected chi connectivity index (χ4v) is 5.67. The molecule has 31 heavy (non-hydrogen) atoms. The van der Waals surface area contributed by atoms with Gasteiger partial charge in [0.05, 0.1) is 11.7 Å². The maximum atomic E-state index is 13.0. The third-order valence-electron chi connectivity index (χ3n) is 5.52. The fraction of sp³-hybridized carbons (Fsp3) is 0.381. The second-order valence-corrected chi connectivity index (χ2v) is 9.38. The van der Waals surface area contributed by atoms with Crippen molar-refractivity contribution in [1.82, 2.24) is 29.6 Å². The van der Waals surface area contributed by atoms with Crippen molar-refractivity contribution in [3.8, 4) is 10.4 Å². The number of nitrogens with zero attached hydrogens (tertiary/aromatic N) is 5. The molecule has 1 aliphatic heterocycles. The summed E-state index contributed by atoms with van der Waals surface area (Å²) in [5.41, 5.74) is 0.697. The van der Waals surface area contributed by atoms with Gasteiger partial charge in [-0.1, -0.05) is 12.5 Å². The molecule has 1 amide bonds. The van der Waals surface area contributed by atoms with Crippen LogP contribution in [0.3, 0.4) is 0 Å². The van der Waals surface area contributed by atoms with Crippen molar-refractivity contribution < 1.29 is 4.79 Å². The van der Waals surface area contributed by atoms with Crippen LogP contribution in [0.4, 0.5) is 0 Å². The highest BCUT2D eigenvalue weighted by atomic mass is 32.1. The quantitative estimate of drug-likeness (QED) is 0.483. The zero-order valence-electron chi connectivity index (χ0n) is 16.9. The van der Waals surface area contributed by atoms with Crippen LogP contribution >= 0.6 is 22.7 Å². The van der Waals surface area contributed by atoms with Gasteiger partial charge in [0.2, 0.25) is 5.91 Å². The van der Waals surface area contributed by atoms with Crippen molar-refractivity contribution >= 4 is 38.8 Å². The van der Waals surface area contributed by atoms with Crippen LogP contribution in [0.15, 0.2) is 34.0 Å². The fourth-order valence-electron chi connectivity index (χ4n) is 3.95. The molecule has 10 heteroatoms. The molecule has 0 aromatic carbocycles. The van der Waals surface area contributed by atoms with Crippen LogP contribution in [-0.2, 0) is 30.7 Å². The van der Waals surface area contributed by atoms with E-state index in [2.05, 4.69) is 25.1 Å². The first-order valence-electron chi connectivity index (χ1n) is 10.4. The molecule has 4 aromatic heterocycles. The summed E-state index contributed by atoms with van der Waals surface area (Å²) in [6.45, 7) is 1.35. The van der Waals surface area contributed by atoms with Gasteiger partial charge < -0.3 is 9.88 Å². The van der Waals surface area contributed by atoms with E-state index in [-0.39, 0.29) is 18.0 Å². The average Bonchev–Trinajstić information content (AvgIpc) is 3.48. The molecule has 0 aliphatic carbocycles. The molecule has 5 rings (SSSR count). The maximum absolute atomic E-state index is 13.0. The molecule has 1 aliphatic rings. The Hall–Kier alpha value is -2.85. The lowest BCUT2D eigenvalue weighted by Crippen LogP contribution is -2.33. The summed E-state index contributed by atoms with van der Waals surface area (Å²) in [4.78, 5) is 31.6. The van der Waals surface area contributed by atoms with Crippen LogP contribution in [0.1, 0.15) is 30.9 Å². The first-order valence-corrected chi connectivity index (χ1v) is 12.1. The van der Waals surface area contributed by atoms with Crippen LogP contribution in [0.5, 0.6) is 0 Å². The van der Waals surface area contributed by atoms with E-state index < -0.39 is 0 Å². The van der Waals surface area contributed by atoms with Crippen molar-refractivity contribution in [2.75, 3.05) is 6.54 Å². The molecule has 0 fully saturated rings. The number of carbonyl (C=O) groups is 1. The van der Waals surface area contributed by atoms with Gasteiger partial charge >= 0.3 is 0 Å². The van der Waals surface area contributed by atoms with Crippen LogP contribution in [0.25, 0.3) is 20.7 Å². The summed E-state index contributed by atoms with van der Waals surface area (Å²) in [5.74, 6) is 1.74. The normalized spacial score (nSPS) is 13.8. The van der Waals surface area contributed by atoms with Gasteiger partial charge in [-0.3, -0.25) is 14.2 Å². The number of hydrogen-bond acceptors (Lipinski definition) is 7. The number of nitrogens with one attached hydrogen (secondary N) is 1. The Morgan fingerprint density at radius 1 is 1.19 bits per heavy atom. The predicted molar refractivity (Wildman–Crippen MR) is 121 cm³/mol. The molecule has 160 valence electrons. The first-order chi connectivity index (χ1) is 15.2. The number of aryl methyl sites for hydroxylation is 1. The van der Waals surface area contributed by atoms with E-state index in [0.717, 1.165) is 47.9 Å². The van der Waals surface area contributed by atoms with Gasteiger partial charge in [-0.15, -0.1) is 32.9 Å². The van der Waals surface area contributed by atoms with E-state index in [1.54, 1.807) is 11.3 Å². The average molecular weight is 455 g/mol. The van der Waals surface area contributed by atoms with E-state index in [1.165, 1.54) is 28.7 Å². The van der Waals surface area contributed by atoms with Crippen molar-refractivity contribution in [3.05, 3.63) is 51.2 Å². The van der Waals surface area contributed by atoms with Crippen LogP contribution < -0.4 is 10.9 Å². The van der Waals surface area contributed by atoms with Crippen LogP contribution in [0, 0.1) is 0 Å². The minimum absolute atomic E-state index is 0.0561. The van der Waals surface area contributed by atoms with E-state index in [0.29, 0.717) is 23.2 Å². The molecule has 4 aromatic rings. The highest BCUT2D eigenvalue weighted by Crippen LogP contribution is 2.33. The zero-order chi connectivity index (χ0) is 21.2. The molecule has 0 bridgehead atoms. The van der Waals surface area contributed by atoms with Gasteiger partial charge in [-0.2, -0.15) is 0 Å². The van der Waals surface area contributed by atoms with Gasteiger partial charge in [0.15, 0.2) is 0 Å². The SMILES string of the molecule is O=C(Cn1cnc2scc(-c3cccs3)c2c1=O)NCCc1nnc2n1CCCCC2. The van der Waals surface area contributed by atoms with Gasteiger partial charge in [0.25, 0.3) is 5.56 Å². The molecular weight excluding hydrogens is 432 g/mol. The molecule has 8 nitrogen and oxygen atoms in total. The summed E-state index contributed by atoms with van der Waals surface area (Å²) >= 11 is 3.03. The van der Waals surface area contributed by atoms with Crippen molar-refractivity contribution in [2.24, 2.45) is 0 Å². The number of hydrogen-bond donors (Lipinski definition) is 1. The Kier molecular flexibility index (Phi) is 5.65. The Labute approximate surface area is 186 Å². The van der Waals surface area contributed by atoms with E-state index in [9.17, 15) is 9.59 Å². The summed E-state index contributed by atoms with van der Waals surface area (Å²) in [6.07, 6.45) is 6.55. The Morgan fingerprint density at radius 3 is 3.00 bits per heavy atom. The smallest absolute Gasteiger partial charge is 0.263 e. The van der Waals surface area contributed by atoms with Crippen LogP contribution in [0.2, 0.25) is 0 Å². The molecule has 0 unspecified atom stereocenters. The number of amides is 1. The zero-order valence-corrected chi connectivity index (χ0v) is 18.5. The maximum Gasteiger partial charge on any atom is 0.263 e. The van der Waals surface area contributed by atoms with E-state index in [1.807, 2.05) is 22.9 Å². The van der Waals surface area contributed by atoms with Gasteiger partial charge in [0, 0.05) is 41.8 Å². The lowest BCUT2D eigenvalue weighted by atomic mass is 10.2. The van der Waals surface area contributed by atoms with E-state index in [4.69, 9.17) is 0 Å². The number of rotatable bonds is 6. The Balaban J connectivity index is 1.26. The minimum atomic E-state index is -0.216. The Morgan fingerprint density at radius 2 is 2.13 bits per heavy atom. The molecule has 1 N–H and O–H groups in total. The second-order valence-electron chi connectivity index (χ2n) is 7.58. The van der Waals surface area contributed by atoms with Crippen LogP contribution in [-0.4, -0.2) is 36.8 Å². The standard InChI is InChI=1S/C21H22N6O2S2/c28-18(22-8-7-17-25-24-16-6-2-1-3-9-27(16)17)11-26-13-23-20-19(21(26)29)14(12-31-20)15-5-4-10-30-15/h4-5,10,12-13H,1-3,6-9,11H2,(H,22,28). The monoisotopic (exact) mass is 454 g/mol. The molecule has 0 saturated carbocycles. The molecule has 5 heterocycles. The highest BCUT2D eigenvalue weighted by molar-refractivity contribution is 7.18. The summed E-state index contributed by atoms with van der Waals surface area (Å²) in [6, 6.07) is 3.95. The van der Waals surface area contributed by atoms with Crippen molar-refractivity contribution in [1.29, 1.82) is 0 Å². The summed E-state index contributed by atoms with van der Waals surface area (Å²) in [7, 11) is 0. The molecule has 0 saturated heterocycles. The summed E-state index contributed by atoms with van der Waals surface area (Å²) in [5, 5.41) is 16.0. The lowest BCUT2D eigenvalue weighted by molar-refractivity contribution is -0.121. The lowest BCUT2D eigenvalue weighted by Gasteiger charge is -2.09. The second kappa shape index (κ2) is 8.72. The predicted octanol–water partition coefficient (Wildman–Crippen LogP) is 2.86. The van der Waals surface area contributed by atoms with Gasteiger partial charge in [0.1, 0.15) is 23.0 Å². The number of fused-ring (bicyclic) bond motifs is 2. The van der Waals surface area contributed by atoms with Crippen molar-refractivity contribution in [3.63, 3.8) is 0 Å². The first kappa shape index (κ1) is 20.1. The molecule has 0 atom stereocenters. The Bertz CT molecular complexity index is 1270. The third-order valence-corrected chi connectivity index (χ3v) is 7.31. The van der Waals surface area contributed by atoms with Gasteiger partial charge in [-0.25, -0.2) is 4.98 Å². The molecule has 0 radical (unpaired) electrons. The molecular formula is C21H22N6O2S2. The molecule has 0 spiro atoms. The van der Waals surface area contributed by atoms with Crippen molar-refractivity contribution in [2.45, 2.75) is 45.2 Å². The minimum Gasteiger partial charge on any atom is -0.354 e. The number of thiophene rings is 2. The number of aromatic nitrogens is 5. The topological polar surface area (TPSA) is 94.7 Å². The largest absolute Gasteiger partial charge is 0.354 e. The highest BCUT2D eigenvalue weighted by Gasteiger charge is 2.16. The van der Waals surface area contributed by atoms with Gasteiger partial charge in [-0.05, 0) is 24.3 Å². The third kappa shape index (κ3) is 4.05. The summed E-state index contributed by atoms with van der Waals surface area (Å²) < 4.78 is 3.56. The van der Waals surface area contributed by atoms with E-state index >= 15 is 0 Å². The number of carbonyl (C=O) groups excluding carboxylic acids is 1.